The number of nitrogens with zero attached hydrogens (tertiary/aromatic N) is 5. The van der Waals surface area contributed by atoms with Crippen molar-refractivity contribution in [3.05, 3.63) is 181 Å². The summed E-state index contributed by atoms with van der Waals surface area (Å²) < 4.78 is 12.8. The van der Waals surface area contributed by atoms with E-state index >= 15 is 0 Å². The van der Waals surface area contributed by atoms with Crippen molar-refractivity contribution in [1.82, 2.24) is 0 Å². The Hall–Kier alpha value is -7.48. The third kappa shape index (κ3) is 5.14. The molecule has 7 aromatic rings. The highest BCUT2D eigenvalue weighted by Crippen LogP contribution is 2.55. The van der Waals surface area contributed by atoms with Crippen molar-refractivity contribution >= 4 is 56.9 Å². The SMILES string of the molecule is [C-]#[N+]c1ccc(N(c2ccc(C#N)cc2)c2cc(N3c4ccccc4Oc4ccccc43)cc(N3c4ccccc4Oc4ccccc43)c2)cc1. The topological polar surface area (TPSA) is 56.3 Å². The molecule has 2 aliphatic heterocycles. The Morgan fingerprint density at radius 3 is 1.27 bits per heavy atom. The second kappa shape index (κ2) is 12.2. The third-order valence-electron chi connectivity index (χ3n) is 9.02. The average molecular weight is 658 g/mol. The normalized spacial score (nSPS) is 12.1. The number of benzene rings is 7. The fraction of sp³-hybridized carbons (Fsp3) is 0. The number of ether oxygens (including phenoxy) is 2. The Morgan fingerprint density at radius 1 is 0.490 bits per heavy atom. The van der Waals surface area contributed by atoms with Gasteiger partial charge in [-0.2, -0.15) is 5.26 Å². The predicted molar refractivity (Wildman–Crippen MR) is 202 cm³/mol. The molecule has 7 nitrogen and oxygen atoms in total. The minimum atomic E-state index is 0.552. The average Bonchev–Trinajstić information content (AvgIpc) is 3.19. The lowest BCUT2D eigenvalue weighted by Crippen LogP contribution is -2.19. The van der Waals surface area contributed by atoms with Gasteiger partial charge in [-0.15, -0.1) is 0 Å². The highest BCUT2D eigenvalue weighted by atomic mass is 16.5. The van der Waals surface area contributed by atoms with Crippen molar-refractivity contribution in [2.45, 2.75) is 0 Å². The smallest absolute Gasteiger partial charge is 0.187 e. The lowest BCUT2D eigenvalue weighted by Gasteiger charge is -2.37. The van der Waals surface area contributed by atoms with Crippen molar-refractivity contribution in [2.24, 2.45) is 0 Å². The van der Waals surface area contributed by atoms with E-state index in [4.69, 9.17) is 16.0 Å². The van der Waals surface area contributed by atoms with Gasteiger partial charge in [0, 0.05) is 11.4 Å². The number of fused-ring (bicyclic) bond motifs is 4. The molecule has 0 N–H and O–H groups in total. The van der Waals surface area contributed by atoms with Gasteiger partial charge < -0.3 is 24.2 Å². The van der Waals surface area contributed by atoms with E-state index in [0.717, 1.165) is 74.2 Å². The van der Waals surface area contributed by atoms with Crippen molar-refractivity contribution in [2.75, 3.05) is 14.7 Å². The monoisotopic (exact) mass is 657 g/mol. The number of hydrogen-bond donors (Lipinski definition) is 0. The molecule has 2 aliphatic rings. The minimum Gasteiger partial charge on any atom is -0.453 e. The van der Waals surface area contributed by atoms with E-state index in [0.29, 0.717) is 11.3 Å². The summed E-state index contributed by atoms with van der Waals surface area (Å²) in [5, 5.41) is 9.62. The lowest BCUT2D eigenvalue weighted by atomic mass is 10.1. The first kappa shape index (κ1) is 29.6. The van der Waals surface area contributed by atoms with Crippen LogP contribution in [0.1, 0.15) is 5.56 Å². The van der Waals surface area contributed by atoms with Crippen LogP contribution >= 0.6 is 0 Å². The lowest BCUT2D eigenvalue weighted by molar-refractivity contribution is 0.477. The van der Waals surface area contributed by atoms with Crippen molar-refractivity contribution in [1.29, 1.82) is 5.26 Å². The fourth-order valence-electron chi connectivity index (χ4n) is 6.74. The molecule has 2 heterocycles. The number of hydrogen-bond acceptors (Lipinski definition) is 6. The summed E-state index contributed by atoms with van der Waals surface area (Å²) in [4.78, 5) is 10.3. The van der Waals surface area contributed by atoms with E-state index in [1.165, 1.54) is 0 Å². The molecule has 0 aliphatic carbocycles. The number of nitriles is 1. The highest BCUT2D eigenvalue weighted by molar-refractivity contribution is 5.94. The molecule has 0 saturated carbocycles. The highest BCUT2D eigenvalue weighted by Gasteiger charge is 2.30. The predicted octanol–water partition coefficient (Wildman–Crippen LogP) is 12.7. The van der Waals surface area contributed by atoms with Gasteiger partial charge in [-0.3, -0.25) is 0 Å². The Bertz CT molecular complexity index is 2270. The van der Waals surface area contributed by atoms with E-state index in [1.807, 2.05) is 121 Å². The first-order valence-corrected chi connectivity index (χ1v) is 16.4. The molecule has 0 saturated heterocycles. The molecular formula is C44H27N5O2. The van der Waals surface area contributed by atoms with Crippen LogP contribution in [0.2, 0.25) is 0 Å². The van der Waals surface area contributed by atoms with Gasteiger partial charge in [0.25, 0.3) is 0 Å². The molecule has 0 unspecified atom stereocenters. The quantitative estimate of drug-likeness (QED) is 0.172. The van der Waals surface area contributed by atoms with Crippen LogP contribution in [0.3, 0.4) is 0 Å². The van der Waals surface area contributed by atoms with Crippen molar-refractivity contribution < 1.29 is 9.47 Å². The number of anilines is 9. The maximum Gasteiger partial charge on any atom is 0.187 e. The van der Waals surface area contributed by atoms with E-state index in [1.54, 1.807) is 0 Å². The third-order valence-corrected chi connectivity index (χ3v) is 9.02. The Kier molecular flexibility index (Phi) is 7.09. The second-order valence-electron chi connectivity index (χ2n) is 12.1. The Morgan fingerprint density at radius 2 is 0.882 bits per heavy atom. The van der Waals surface area contributed by atoms with E-state index in [2.05, 4.69) is 68.1 Å². The first-order valence-electron chi connectivity index (χ1n) is 16.4. The molecule has 0 radical (unpaired) electrons. The van der Waals surface area contributed by atoms with Crippen molar-refractivity contribution in [3.63, 3.8) is 0 Å². The summed E-state index contributed by atoms with van der Waals surface area (Å²) in [5.41, 5.74) is 9.16. The molecule has 9 rings (SSSR count). The number of rotatable bonds is 5. The minimum absolute atomic E-state index is 0.552. The van der Waals surface area contributed by atoms with Crippen LogP contribution < -0.4 is 24.2 Å². The molecule has 7 aromatic carbocycles. The van der Waals surface area contributed by atoms with Crippen LogP contribution in [-0.2, 0) is 0 Å². The summed E-state index contributed by atoms with van der Waals surface area (Å²) in [7, 11) is 0. The van der Waals surface area contributed by atoms with Crippen LogP contribution in [0.5, 0.6) is 23.0 Å². The zero-order valence-corrected chi connectivity index (χ0v) is 27.1. The van der Waals surface area contributed by atoms with Gasteiger partial charge in [0.15, 0.2) is 28.7 Å². The van der Waals surface area contributed by atoms with Gasteiger partial charge in [0.2, 0.25) is 0 Å². The molecule has 0 amide bonds. The zero-order valence-electron chi connectivity index (χ0n) is 27.1. The molecule has 0 spiro atoms. The zero-order chi connectivity index (χ0) is 34.3. The summed E-state index contributed by atoms with van der Waals surface area (Å²) >= 11 is 0. The van der Waals surface area contributed by atoms with Gasteiger partial charge >= 0.3 is 0 Å². The summed E-state index contributed by atoms with van der Waals surface area (Å²) in [6.45, 7) is 7.57. The van der Waals surface area contributed by atoms with Gasteiger partial charge in [0.1, 0.15) is 0 Å². The summed E-state index contributed by atoms with van der Waals surface area (Å²) in [6, 6.07) is 56.1. The van der Waals surface area contributed by atoms with E-state index in [9.17, 15) is 5.26 Å². The molecule has 0 atom stereocenters. The van der Waals surface area contributed by atoms with Crippen LogP contribution in [0, 0.1) is 17.9 Å². The second-order valence-corrected chi connectivity index (χ2v) is 12.1. The molecule has 0 bridgehead atoms. The van der Waals surface area contributed by atoms with Crippen LogP contribution in [0.4, 0.5) is 56.9 Å². The van der Waals surface area contributed by atoms with Gasteiger partial charge in [-0.05, 0) is 103 Å². The van der Waals surface area contributed by atoms with Gasteiger partial charge in [-0.1, -0.05) is 60.7 Å². The maximum atomic E-state index is 9.62. The molecular weight excluding hydrogens is 631 g/mol. The number of para-hydroxylation sites is 8. The van der Waals surface area contributed by atoms with E-state index < -0.39 is 0 Å². The molecule has 51 heavy (non-hydrogen) atoms. The molecule has 0 aromatic heterocycles. The largest absolute Gasteiger partial charge is 0.453 e. The molecule has 7 heteroatoms. The molecule has 240 valence electrons. The van der Waals surface area contributed by atoms with Crippen LogP contribution in [-0.4, -0.2) is 0 Å². The van der Waals surface area contributed by atoms with Gasteiger partial charge in [-0.25, -0.2) is 4.85 Å². The summed E-state index contributed by atoms with van der Waals surface area (Å²) in [6.07, 6.45) is 0. The van der Waals surface area contributed by atoms with Crippen LogP contribution in [0.25, 0.3) is 4.85 Å². The fourth-order valence-corrected chi connectivity index (χ4v) is 6.74. The first-order chi connectivity index (χ1) is 25.2. The Balaban J connectivity index is 1.34. The molecule has 0 fully saturated rings. The van der Waals surface area contributed by atoms with Gasteiger partial charge in [0.05, 0.1) is 58.0 Å². The maximum absolute atomic E-state index is 9.62. The van der Waals surface area contributed by atoms with Crippen molar-refractivity contribution in [3.8, 4) is 29.1 Å². The Labute approximate surface area is 295 Å². The van der Waals surface area contributed by atoms with E-state index in [-0.39, 0.29) is 0 Å². The summed E-state index contributed by atoms with van der Waals surface area (Å²) in [5.74, 6) is 3.01. The van der Waals surface area contributed by atoms with Crippen LogP contribution in [0.15, 0.2) is 164 Å². The standard InChI is InChI=1S/C44H27N5O2/c1-46-31-20-24-33(25-21-31)47(32-22-18-30(29-45)19-23-32)34-26-35(48-37-10-2-6-14-41(37)50-42-15-7-3-11-38(42)48)28-36(27-34)49-39-12-4-8-16-43(39)51-44-17-9-5-13-40(44)49/h2-28H.